The standard InChI is InChI=1S/C14H19N3O2S/c1-17-10-11(8-16-17)5-6-15-9-13-4-3-12(20-13)7-14(18)19-2/h3-4,8,10,15H,5-7,9H2,1-2H3. The molecule has 0 aromatic carbocycles. The monoisotopic (exact) mass is 293 g/mol. The van der Waals surface area contributed by atoms with Gasteiger partial charge in [-0.3, -0.25) is 9.48 Å². The van der Waals surface area contributed by atoms with Gasteiger partial charge in [0.05, 0.1) is 19.7 Å². The SMILES string of the molecule is COC(=O)Cc1ccc(CNCCc2cnn(C)c2)s1. The number of rotatable bonds is 7. The average molecular weight is 293 g/mol. The molecule has 0 saturated carbocycles. The quantitative estimate of drug-likeness (QED) is 0.621. The van der Waals surface area contributed by atoms with Gasteiger partial charge in [0.25, 0.3) is 0 Å². The Morgan fingerprint density at radius 2 is 2.25 bits per heavy atom. The van der Waals surface area contributed by atoms with E-state index >= 15 is 0 Å². The number of hydrogen-bond donors (Lipinski definition) is 1. The highest BCUT2D eigenvalue weighted by molar-refractivity contribution is 7.12. The maximum atomic E-state index is 11.2. The summed E-state index contributed by atoms with van der Waals surface area (Å²) >= 11 is 1.65. The second kappa shape index (κ2) is 7.21. The van der Waals surface area contributed by atoms with E-state index in [4.69, 9.17) is 0 Å². The summed E-state index contributed by atoms with van der Waals surface area (Å²) in [7, 11) is 3.34. The lowest BCUT2D eigenvalue weighted by Crippen LogP contribution is -2.15. The van der Waals surface area contributed by atoms with Crippen LogP contribution in [0.3, 0.4) is 0 Å². The van der Waals surface area contributed by atoms with Crippen LogP contribution in [0.5, 0.6) is 0 Å². The third kappa shape index (κ3) is 4.47. The zero-order valence-corrected chi connectivity index (χ0v) is 12.6. The number of aromatic nitrogens is 2. The van der Waals surface area contributed by atoms with Gasteiger partial charge in [-0.05, 0) is 30.7 Å². The van der Waals surface area contributed by atoms with E-state index in [0.29, 0.717) is 6.42 Å². The number of hydrogen-bond acceptors (Lipinski definition) is 5. The number of aryl methyl sites for hydroxylation is 1. The van der Waals surface area contributed by atoms with Gasteiger partial charge in [-0.15, -0.1) is 11.3 Å². The van der Waals surface area contributed by atoms with Crippen LogP contribution in [-0.4, -0.2) is 29.4 Å². The van der Waals surface area contributed by atoms with Crippen molar-refractivity contribution in [1.82, 2.24) is 15.1 Å². The zero-order valence-electron chi connectivity index (χ0n) is 11.8. The number of nitrogens with zero attached hydrogens (tertiary/aromatic N) is 2. The molecule has 5 nitrogen and oxygen atoms in total. The molecule has 20 heavy (non-hydrogen) atoms. The van der Waals surface area contributed by atoms with Crippen LogP contribution in [0.1, 0.15) is 15.3 Å². The molecule has 108 valence electrons. The number of carbonyl (C=O) groups excluding carboxylic acids is 1. The van der Waals surface area contributed by atoms with Crippen LogP contribution in [0.2, 0.25) is 0 Å². The molecule has 2 rings (SSSR count). The Hall–Kier alpha value is -1.66. The fourth-order valence-corrected chi connectivity index (χ4v) is 2.85. The highest BCUT2D eigenvalue weighted by atomic mass is 32.1. The van der Waals surface area contributed by atoms with Crippen molar-refractivity contribution in [2.24, 2.45) is 7.05 Å². The van der Waals surface area contributed by atoms with Crippen molar-refractivity contribution < 1.29 is 9.53 Å². The summed E-state index contributed by atoms with van der Waals surface area (Å²) in [5.74, 6) is -0.192. The van der Waals surface area contributed by atoms with Crippen LogP contribution < -0.4 is 5.32 Å². The van der Waals surface area contributed by atoms with Crippen LogP contribution in [0.15, 0.2) is 24.5 Å². The van der Waals surface area contributed by atoms with Crippen LogP contribution >= 0.6 is 11.3 Å². The molecular formula is C14H19N3O2S. The first-order valence-electron chi connectivity index (χ1n) is 6.50. The maximum Gasteiger partial charge on any atom is 0.310 e. The summed E-state index contributed by atoms with van der Waals surface area (Å²) in [5.41, 5.74) is 1.23. The summed E-state index contributed by atoms with van der Waals surface area (Å²) in [6.07, 6.45) is 5.24. The molecule has 0 atom stereocenters. The van der Waals surface area contributed by atoms with E-state index in [1.807, 2.05) is 30.2 Å². The first-order valence-corrected chi connectivity index (χ1v) is 7.31. The molecule has 0 saturated heterocycles. The van der Waals surface area contributed by atoms with E-state index in [0.717, 1.165) is 24.4 Å². The van der Waals surface area contributed by atoms with Crippen LogP contribution in [0.4, 0.5) is 0 Å². The van der Waals surface area contributed by atoms with E-state index in [2.05, 4.69) is 21.2 Å². The van der Waals surface area contributed by atoms with E-state index in [1.54, 1.807) is 11.3 Å². The lowest BCUT2D eigenvalue weighted by Gasteiger charge is -2.01. The fraction of sp³-hybridized carbons (Fsp3) is 0.429. The first-order chi connectivity index (χ1) is 9.67. The normalized spacial score (nSPS) is 10.7. The lowest BCUT2D eigenvalue weighted by atomic mass is 10.2. The number of carbonyl (C=O) groups is 1. The van der Waals surface area contributed by atoms with Gasteiger partial charge in [0, 0.05) is 29.5 Å². The van der Waals surface area contributed by atoms with Gasteiger partial charge in [-0.2, -0.15) is 5.10 Å². The average Bonchev–Trinajstić information content (AvgIpc) is 3.04. The van der Waals surface area contributed by atoms with Crippen LogP contribution in [0, 0.1) is 0 Å². The smallest absolute Gasteiger partial charge is 0.310 e. The van der Waals surface area contributed by atoms with Crippen molar-refractivity contribution in [1.29, 1.82) is 0 Å². The molecule has 0 radical (unpaired) electrons. The topological polar surface area (TPSA) is 56.1 Å². The number of methoxy groups -OCH3 is 1. The number of thiophene rings is 1. The Balaban J connectivity index is 1.70. The number of nitrogens with one attached hydrogen (secondary N) is 1. The van der Waals surface area contributed by atoms with Gasteiger partial charge in [0.2, 0.25) is 0 Å². The first kappa shape index (κ1) is 14.7. The molecule has 0 amide bonds. The minimum absolute atomic E-state index is 0.192. The third-order valence-electron chi connectivity index (χ3n) is 2.91. The Labute approximate surface area is 122 Å². The van der Waals surface area contributed by atoms with E-state index in [-0.39, 0.29) is 5.97 Å². The highest BCUT2D eigenvalue weighted by Crippen LogP contribution is 2.17. The van der Waals surface area contributed by atoms with Crippen LogP contribution in [0.25, 0.3) is 0 Å². The van der Waals surface area contributed by atoms with Crippen LogP contribution in [-0.2, 0) is 36.0 Å². The summed E-state index contributed by atoms with van der Waals surface area (Å²) < 4.78 is 6.47. The fourth-order valence-electron chi connectivity index (χ4n) is 1.87. The van der Waals surface area contributed by atoms with Gasteiger partial charge >= 0.3 is 5.97 Å². The van der Waals surface area contributed by atoms with E-state index in [1.165, 1.54) is 17.6 Å². The summed E-state index contributed by atoms with van der Waals surface area (Å²) in [5, 5.41) is 7.54. The van der Waals surface area contributed by atoms with Gasteiger partial charge in [0.1, 0.15) is 0 Å². The lowest BCUT2D eigenvalue weighted by molar-refractivity contribution is -0.139. The molecule has 0 unspecified atom stereocenters. The van der Waals surface area contributed by atoms with Gasteiger partial charge in [0.15, 0.2) is 0 Å². The van der Waals surface area contributed by atoms with Gasteiger partial charge in [-0.25, -0.2) is 0 Å². The summed E-state index contributed by atoms with van der Waals surface area (Å²) in [6, 6.07) is 4.04. The molecule has 2 aromatic rings. The molecule has 0 aliphatic carbocycles. The Morgan fingerprint density at radius 1 is 1.45 bits per heavy atom. The second-order valence-corrected chi connectivity index (χ2v) is 5.82. The maximum absolute atomic E-state index is 11.2. The summed E-state index contributed by atoms with van der Waals surface area (Å²) in [6.45, 7) is 1.74. The van der Waals surface area contributed by atoms with Gasteiger partial charge in [-0.1, -0.05) is 0 Å². The van der Waals surface area contributed by atoms with Crippen molar-refractivity contribution in [2.45, 2.75) is 19.4 Å². The minimum Gasteiger partial charge on any atom is -0.469 e. The molecule has 1 N–H and O–H groups in total. The van der Waals surface area contributed by atoms with Crippen molar-refractivity contribution in [3.8, 4) is 0 Å². The highest BCUT2D eigenvalue weighted by Gasteiger charge is 2.06. The molecule has 0 fully saturated rings. The van der Waals surface area contributed by atoms with Gasteiger partial charge < -0.3 is 10.1 Å². The molecule has 0 spiro atoms. The molecule has 2 heterocycles. The molecule has 0 aliphatic rings. The van der Waals surface area contributed by atoms with Crippen molar-refractivity contribution in [2.75, 3.05) is 13.7 Å². The third-order valence-corrected chi connectivity index (χ3v) is 4.00. The van der Waals surface area contributed by atoms with E-state index in [9.17, 15) is 4.79 Å². The largest absolute Gasteiger partial charge is 0.469 e. The number of esters is 1. The summed E-state index contributed by atoms with van der Waals surface area (Å²) in [4.78, 5) is 13.4. The van der Waals surface area contributed by atoms with Crippen molar-refractivity contribution >= 4 is 17.3 Å². The number of ether oxygens (including phenoxy) is 1. The second-order valence-electron chi connectivity index (χ2n) is 4.57. The van der Waals surface area contributed by atoms with Crippen molar-refractivity contribution in [3.05, 3.63) is 39.8 Å². The molecule has 2 aromatic heterocycles. The molecule has 0 aliphatic heterocycles. The predicted molar refractivity (Wildman–Crippen MR) is 78.7 cm³/mol. The Bertz CT molecular complexity index is 562. The predicted octanol–water partition coefficient (Wildman–Crippen LogP) is 1.53. The Morgan fingerprint density at radius 3 is 2.95 bits per heavy atom. The molecular weight excluding hydrogens is 274 g/mol. The molecule has 0 bridgehead atoms. The zero-order chi connectivity index (χ0) is 14.4. The van der Waals surface area contributed by atoms with Crippen molar-refractivity contribution in [3.63, 3.8) is 0 Å². The van der Waals surface area contributed by atoms with E-state index < -0.39 is 0 Å². The minimum atomic E-state index is -0.192. The molecule has 6 heteroatoms. The Kier molecular flexibility index (Phi) is 5.31.